The topological polar surface area (TPSA) is 62.3 Å². The second-order valence-corrected chi connectivity index (χ2v) is 8.72. The fourth-order valence-electron chi connectivity index (χ4n) is 2.67. The number of rotatable bonds is 7. The van der Waals surface area contributed by atoms with Gasteiger partial charge in [0, 0.05) is 18.7 Å². The van der Waals surface area contributed by atoms with Crippen molar-refractivity contribution in [2.75, 3.05) is 17.6 Å². The number of carbonyl (C=O) groups excluding carboxylic acids is 2. The number of fused-ring (bicyclic) bond motifs is 1. The van der Waals surface area contributed by atoms with Crippen molar-refractivity contribution in [2.24, 2.45) is 0 Å². The highest BCUT2D eigenvalue weighted by molar-refractivity contribution is 8.23. The molecule has 1 aliphatic heterocycles. The van der Waals surface area contributed by atoms with Crippen molar-refractivity contribution in [1.82, 2.24) is 9.88 Å². The van der Waals surface area contributed by atoms with E-state index < -0.39 is 0 Å². The van der Waals surface area contributed by atoms with Crippen molar-refractivity contribution in [2.45, 2.75) is 32.6 Å². The summed E-state index contributed by atoms with van der Waals surface area (Å²) >= 11 is 8.19. The number of benzene rings is 1. The van der Waals surface area contributed by atoms with E-state index in [1.165, 1.54) is 11.8 Å². The van der Waals surface area contributed by atoms with Crippen LogP contribution >= 0.6 is 35.3 Å². The van der Waals surface area contributed by atoms with Crippen molar-refractivity contribution in [3.8, 4) is 0 Å². The van der Waals surface area contributed by atoms with E-state index in [0.717, 1.165) is 40.2 Å². The van der Waals surface area contributed by atoms with Gasteiger partial charge >= 0.3 is 0 Å². The minimum Gasteiger partial charge on any atom is -0.326 e. The number of carbonyl (C=O) groups is 2. The van der Waals surface area contributed by atoms with Gasteiger partial charge in [0.05, 0.1) is 21.0 Å². The number of thioether (sulfide) groups is 1. The molecule has 1 aliphatic rings. The Labute approximate surface area is 160 Å². The van der Waals surface area contributed by atoms with Gasteiger partial charge in [-0.3, -0.25) is 14.5 Å². The SMILES string of the molecule is Cc1nc2ccc(NC(=O)CCCCCN3C(=O)CSC3=S)cc2s1. The first-order valence-electron chi connectivity index (χ1n) is 8.17. The fourth-order valence-corrected chi connectivity index (χ4v) is 4.66. The molecule has 1 fully saturated rings. The minimum atomic E-state index is 0.0175. The summed E-state index contributed by atoms with van der Waals surface area (Å²) in [6.45, 7) is 2.64. The zero-order chi connectivity index (χ0) is 17.8. The van der Waals surface area contributed by atoms with Gasteiger partial charge in [0.2, 0.25) is 11.8 Å². The monoisotopic (exact) mass is 393 g/mol. The van der Waals surface area contributed by atoms with Gasteiger partial charge in [0.25, 0.3) is 0 Å². The lowest BCUT2D eigenvalue weighted by Gasteiger charge is -2.14. The maximum Gasteiger partial charge on any atom is 0.238 e. The lowest BCUT2D eigenvalue weighted by Crippen LogP contribution is -2.29. The number of aromatic nitrogens is 1. The van der Waals surface area contributed by atoms with Crippen LogP contribution in [0.4, 0.5) is 5.69 Å². The minimum absolute atomic E-state index is 0.0175. The van der Waals surface area contributed by atoms with E-state index in [0.29, 0.717) is 23.0 Å². The summed E-state index contributed by atoms with van der Waals surface area (Å²) in [6, 6.07) is 5.79. The van der Waals surface area contributed by atoms with Gasteiger partial charge in [0.15, 0.2) is 0 Å². The van der Waals surface area contributed by atoms with Crippen LogP contribution in [-0.2, 0) is 9.59 Å². The van der Waals surface area contributed by atoms with Crippen LogP contribution in [0.3, 0.4) is 0 Å². The maximum atomic E-state index is 12.1. The first-order valence-corrected chi connectivity index (χ1v) is 10.4. The number of amides is 2. The largest absolute Gasteiger partial charge is 0.326 e. The molecule has 1 N–H and O–H groups in total. The molecule has 132 valence electrons. The van der Waals surface area contributed by atoms with Crippen LogP contribution in [0.1, 0.15) is 30.7 Å². The van der Waals surface area contributed by atoms with E-state index in [1.54, 1.807) is 16.2 Å². The van der Waals surface area contributed by atoms with E-state index in [1.807, 2.05) is 25.1 Å². The molecule has 8 heteroatoms. The summed E-state index contributed by atoms with van der Waals surface area (Å²) in [4.78, 5) is 29.8. The molecule has 2 heterocycles. The molecule has 1 aromatic carbocycles. The third-order valence-electron chi connectivity index (χ3n) is 3.91. The summed E-state index contributed by atoms with van der Waals surface area (Å²) in [5.74, 6) is 0.579. The van der Waals surface area contributed by atoms with Crippen molar-refractivity contribution in [3.63, 3.8) is 0 Å². The number of thiazole rings is 1. The highest BCUT2D eigenvalue weighted by Gasteiger charge is 2.25. The Morgan fingerprint density at radius 2 is 2.20 bits per heavy atom. The van der Waals surface area contributed by atoms with Crippen LogP contribution in [0.2, 0.25) is 0 Å². The number of aryl methyl sites for hydroxylation is 1. The van der Waals surface area contributed by atoms with Crippen molar-refractivity contribution in [3.05, 3.63) is 23.2 Å². The van der Waals surface area contributed by atoms with E-state index in [-0.39, 0.29) is 11.8 Å². The Kier molecular flexibility index (Phi) is 6.03. The number of hydrogen-bond donors (Lipinski definition) is 1. The van der Waals surface area contributed by atoms with E-state index >= 15 is 0 Å². The Balaban J connectivity index is 1.38. The summed E-state index contributed by atoms with van der Waals surface area (Å²) in [5.41, 5.74) is 1.78. The molecule has 0 bridgehead atoms. The number of anilines is 1. The number of thiocarbonyl (C=S) groups is 1. The summed E-state index contributed by atoms with van der Waals surface area (Å²) in [7, 11) is 0. The second-order valence-electron chi connectivity index (χ2n) is 5.87. The number of unbranched alkanes of at least 4 members (excludes halogenated alkanes) is 2. The summed E-state index contributed by atoms with van der Waals surface area (Å²) in [6.07, 6.45) is 3.05. The van der Waals surface area contributed by atoms with Crippen LogP contribution in [0.5, 0.6) is 0 Å². The molecule has 0 unspecified atom stereocenters. The molecule has 0 spiro atoms. The third kappa shape index (κ3) is 4.77. The van der Waals surface area contributed by atoms with Gasteiger partial charge in [0.1, 0.15) is 4.32 Å². The molecule has 0 radical (unpaired) electrons. The molecule has 1 saturated heterocycles. The lowest BCUT2D eigenvalue weighted by atomic mass is 10.1. The van der Waals surface area contributed by atoms with Crippen LogP contribution in [0.15, 0.2) is 18.2 Å². The van der Waals surface area contributed by atoms with Crippen LogP contribution in [-0.4, -0.2) is 38.3 Å². The molecular formula is C17H19N3O2S3. The lowest BCUT2D eigenvalue weighted by molar-refractivity contribution is -0.124. The van der Waals surface area contributed by atoms with Gasteiger partial charge < -0.3 is 5.32 Å². The quantitative estimate of drug-likeness (QED) is 0.570. The summed E-state index contributed by atoms with van der Waals surface area (Å²) < 4.78 is 1.76. The van der Waals surface area contributed by atoms with Crippen LogP contribution in [0.25, 0.3) is 10.2 Å². The second kappa shape index (κ2) is 8.25. The number of nitrogens with one attached hydrogen (secondary N) is 1. The molecule has 25 heavy (non-hydrogen) atoms. The van der Waals surface area contributed by atoms with Crippen molar-refractivity contribution >= 4 is 67.4 Å². The molecule has 0 saturated carbocycles. The molecule has 0 aliphatic carbocycles. The van der Waals surface area contributed by atoms with E-state index in [4.69, 9.17) is 12.2 Å². The number of nitrogens with zero attached hydrogens (tertiary/aromatic N) is 2. The third-order valence-corrected chi connectivity index (χ3v) is 6.27. The Bertz CT molecular complexity index is 803. The Morgan fingerprint density at radius 1 is 1.36 bits per heavy atom. The predicted octanol–water partition coefficient (Wildman–Crippen LogP) is 3.96. The first-order chi connectivity index (χ1) is 12.0. The average molecular weight is 394 g/mol. The molecule has 3 rings (SSSR count). The smallest absolute Gasteiger partial charge is 0.238 e. The van der Waals surface area contributed by atoms with Crippen LogP contribution in [0, 0.1) is 6.92 Å². The molecule has 5 nitrogen and oxygen atoms in total. The Morgan fingerprint density at radius 3 is 2.96 bits per heavy atom. The van der Waals surface area contributed by atoms with Gasteiger partial charge in [-0.2, -0.15) is 0 Å². The first kappa shape index (κ1) is 18.3. The highest BCUT2D eigenvalue weighted by atomic mass is 32.2. The molecule has 2 aromatic rings. The zero-order valence-electron chi connectivity index (χ0n) is 13.9. The van der Waals surface area contributed by atoms with E-state index in [9.17, 15) is 9.59 Å². The van der Waals surface area contributed by atoms with Crippen molar-refractivity contribution in [1.29, 1.82) is 0 Å². The van der Waals surface area contributed by atoms with E-state index in [2.05, 4.69) is 10.3 Å². The average Bonchev–Trinajstić information content (AvgIpc) is 3.09. The maximum absolute atomic E-state index is 12.1. The van der Waals surface area contributed by atoms with Crippen molar-refractivity contribution < 1.29 is 9.59 Å². The van der Waals surface area contributed by atoms with Gasteiger partial charge in [-0.1, -0.05) is 30.4 Å². The standard InChI is InChI=1S/C17H19N3O2S3/c1-11-18-13-7-6-12(9-14(13)25-11)19-15(21)5-3-2-4-8-20-16(22)10-24-17(20)23/h6-7,9H,2-5,8,10H2,1H3,(H,19,21). The normalized spacial score (nSPS) is 14.5. The molecule has 1 aromatic heterocycles. The summed E-state index contributed by atoms with van der Waals surface area (Å²) in [5, 5.41) is 3.96. The number of hydrogen-bond acceptors (Lipinski definition) is 6. The van der Waals surface area contributed by atoms with Gasteiger partial charge in [-0.05, 0) is 38.0 Å². The fraction of sp³-hybridized carbons (Fsp3) is 0.412. The highest BCUT2D eigenvalue weighted by Crippen LogP contribution is 2.25. The molecule has 2 amide bonds. The molecular weight excluding hydrogens is 374 g/mol. The van der Waals surface area contributed by atoms with Gasteiger partial charge in [-0.25, -0.2) is 4.98 Å². The zero-order valence-corrected chi connectivity index (χ0v) is 16.4. The van der Waals surface area contributed by atoms with Crippen LogP contribution < -0.4 is 5.32 Å². The predicted molar refractivity (Wildman–Crippen MR) is 108 cm³/mol. The van der Waals surface area contributed by atoms with Gasteiger partial charge in [-0.15, -0.1) is 11.3 Å². The molecule has 0 atom stereocenters. The Hall–Kier alpha value is -1.51.